The maximum absolute atomic E-state index is 11.8. The molecule has 0 bridgehead atoms. The van der Waals surface area contributed by atoms with Crippen molar-refractivity contribution in [3.63, 3.8) is 0 Å². The van der Waals surface area contributed by atoms with Crippen LogP contribution in [0.25, 0.3) is 0 Å². The second-order valence-electron chi connectivity index (χ2n) is 4.70. The number of nitrogens with zero attached hydrogens (tertiary/aromatic N) is 1. The van der Waals surface area contributed by atoms with Crippen molar-refractivity contribution < 1.29 is 9.53 Å². The lowest BCUT2D eigenvalue weighted by molar-refractivity contribution is 0.0727. The molecule has 1 aliphatic rings. The summed E-state index contributed by atoms with van der Waals surface area (Å²) in [5.74, 6) is 0.617. The Morgan fingerprint density at radius 2 is 2.31 bits per heavy atom. The van der Waals surface area contributed by atoms with E-state index in [1.54, 1.807) is 0 Å². The lowest BCUT2D eigenvalue weighted by Gasteiger charge is -2.07. The molecule has 0 N–H and O–H groups in total. The van der Waals surface area contributed by atoms with Gasteiger partial charge in [0.15, 0.2) is 5.78 Å². The highest BCUT2D eigenvalue weighted by Crippen LogP contribution is 2.32. The van der Waals surface area contributed by atoms with E-state index in [0.29, 0.717) is 18.3 Å². The van der Waals surface area contributed by atoms with E-state index in [2.05, 4.69) is 0 Å². The molecule has 0 amide bonds. The molecule has 0 atom stereocenters. The molecule has 1 aromatic heterocycles. The molecule has 3 nitrogen and oxygen atoms in total. The van der Waals surface area contributed by atoms with Crippen LogP contribution in [-0.2, 0) is 11.3 Å². The molecule has 0 unspecified atom stereocenters. The fourth-order valence-electron chi connectivity index (χ4n) is 1.70. The van der Waals surface area contributed by atoms with Gasteiger partial charge in [0.2, 0.25) is 0 Å². The second-order valence-corrected chi connectivity index (χ2v) is 4.70. The highest BCUT2D eigenvalue weighted by molar-refractivity contribution is 5.99. The van der Waals surface area contributed by atoms with Gasteiger partial charge in [-0.2, -0.15) is 0 Å². The smallest absolute Gasteiger partial charge is 0.167 e. The largest absolute Gasteiger partial charge is 0.377 e. The van der Waals surface area contributed by atoms with Crippen molar-refractivity contribution in [2.24, 2.45) is 5.92 Å². The zero-order valence-corrected chi connectivity index (χ0v) is 9.98. The summed E-state index contributed by atoms with van der Waals surface area (Å²) in [7, 11) is 0. The molecular formula is C13H19NO2. The van der Waals surface area contributed by atoms with Gasteiger partial charge < -0.3 is 9.30 Å². The summed E-state index contributed by atoms with van der Waals surface area (Å²) in [5.41, 5.74) is 0.854. The van der Waals surface area contributed by atoms with E-state index in [-0.39, 0.29) is 6.10 Å². The molecule has 1 aromatic rings. The molecule has 16 heavy (non-hydrogen) atoms. The van der Waals surface area contributed by atoms with Gasteiger partial charge in [-0.3, -0.25) is 4.79 Å². The highest BCUT2D eigenvalue weighted by atomic mass is 16.5. The molecule has 0 radical (unpaired) electrons. The van der Waals surface area contributed by atoms with Crippen molar-refractivity contribution in [2.75, 3.05) is 6.61 Å². The van der Waals surface area contributed by atoms with Gasteiger partial charge in [-0.1, -0.05) is 0 Å². The van der Waals surface area contributed by atoms with E-state index < -0.39 is 0 Å². The Morgan fingerprint density at radius 3 is 2.94 bits per heavy atom. The molecule has 2 rings (SSSR count). The highest BCUT2D eigenvalue weighted by Gasteiger charge is 2.30. The van der Waals surface area contributed by atoms with Crippen LogP contribution in [0.4, 0.5) is 0 Å². The SMILES string of the molecule is CC(C)OCCn1ccc(C(=O)C2CC2)c1. The van der Waals surface area contributed by atoms with E-state index in [9.17, 15) is 4.79 Å². The molecule has 3 heteroatoms. The predicted molar refractivity (Wildman–Crippen MR) is 62.6 cm³/mol. The number of ketones is 1. The molecule has 0 aliphatic heterocycles. The lowest BCUT2D eigenvalue weighted by atomic mass is 10.1. The molecule has 1 saturated carbocycles. The van der Waals surface area contributed by atoms with Crippen LogP contribution in [0, 0.1) is 5.92 Å². The summed E-state index contributed by atoms with van der Waals surface area (Å²) >= 11 is 0. The van der Waals surface area contributed by atoms with Crippen LogP contribution in [0.5, 0.6) is 0 Å². The first kappa shape index (κ1) is 11.4. The normalized spacial score (nSPS) is 15.7. The Morgan fingerprint density at radius 1 is 1.56 bits per heavy atom. The number of hydrogen-bond donors (Lipinski definition) is 0. The van der Waals surface area contributed by atoms with Gasteiger partial charge in [0.1, 0.15) is 0 Å². The van der Waals surface area contributed by atoms with E-state index >= 15 is 0 Å². The topological polar surface area (TPSA) is 31.2 Å². The van der Waals surface area contributed by atoms with Gasteiger partial charge in [0, 0.05) is 30.4 Å². The fraction of sp³-hybridized carbons (Fsp3) is 0.615. The van der Waals surface area contributed by atoms with E-state index in [1.165, 1.54) is 0 Å². The molecule has 88 valence electrons. The standard InChI is InChI=1S/C13H19NO2/c1-10(2)16-8-7-14-6-5-12(9-14)13(15)11-3-4-11/h5-6,9-11H,3-4,7-8H2,1-2H3. The lowest BCUT2D eigenvalue weighted by Crippen LogP contribution is -2.09. The van der Waals surface area contributed by atoms with Gasteiger partial charge >= 0.3 is 0 Å². The number of Topliss-reactive ketones (excluding diaryl/α,β-unsaturated/α-hetero) is 1. The third-order valence-corrected chi connectivity index (χ3v) is 2.78. The number of aromatic nitrogens is 1. The van der Waals surface area contributed by atoms with Crippen LogP contribution in [0.3, 0.4) is 0 Å². The van der Waals surface area contributed by atoms with Crippen LogP contribution >= 0.6 is 0 Å². The average Bonchev–Trinajstić information content (AvgIpc) is 2.97. The minimum absolute atomic E-state index is 0.267. The number of rotatable bonds is 6. The van der Waals surface area contributed by atoms with E-state index in [1.807, 2.05) is 36.9 Å². The molecule has 0 aromatic carbocycles. The Hall–Kier alpha value is -1.09. The summed E-state index contributed by atoms with van der Waals surface area (Å²) < 4.78 is 7.50. The maximum Gasteiger partial charge on any atom is 0.167 e. The Labute approximate surface area is 96.4 Å². The zero-order chi connectivity index (χ0) is 11.5. The number of carbonyl (C=O) groups excluding carboxylic acids is 1. The van der Waals surface area contributed by atoms with Crippen molar-refractivity contribution in [1.82, 2.24) is 4.57 Å². The van der Waals surface area contributed by atoms with Crippen LogP contribution in [-0.4, -0.2) is 23.1 Å². The molecule has 1 fully saturated rings. The molecular weight excluding hydrogens is 202 g/mol. The number of ether oxygens (including phenoxy) is 1. The first-order valence-corrected chi connectivity index (χ1v) is 5.98. The number of hydrogen-bond acceptors (Lipinski definition) is 2. The fourth-order valence-corrected chi connectivity index (χ4v) is 1.70. The monoisotopic (exact) mass is 221 g/mol. The first-order chi connectivity index (χ1) is 7.66. The summed E-state index contributed by atoms with van der Waals surface area (Å²) in [6.45, 7) is 5.56. The van der Waals surface area contributed by atoms with Gasteiger partial charge in [0.25, 0.3) is 0 Å². The van der Waals surface area contributed by atoms with Gasteiger partial charge in [-0.25, -0.2) is 0 Å². The molecule has 0 saturated heterocycles. The van der Waals surface area contributed by atoms with Gasteiger partial charge in [-0.05, 0) is 32.8 Å². The maximum atomic E-state index is 11.8. The minimum Gasteiger partial charge on any atom is -0.377 e. The minimum atomic E-state index is 0.267. The van der Waals surface area contributed by atoms with Crippen LogP contribution in [0.1, 0.15) is 37.0 Å². The third-order valence-electron chi connectivity index (χ3n) is 2.78. The van der Waals surface area contributed by atoms with Crippen molar-refractivity contribution in [2.45, 2.75) is 39.3 Å². The van der Waals surface area contributed by atoms with Crippen LogP contribution < -0.4 is 0 Å². The Bertz CT molecular complexity index is 364. The Kier molecular flexibility index (Phi) is 3.44. The molecule has 1 heterocycles. The van der Waals surface area contributed by atoms with Crippen molar-refractivity contribution in [3.8, 4) is 0 Å². The van der Waals surface area contributed by atoms with Crippen LogP contribution in [0.15, 0.2) is 18.5 Å². The zero-order valence-electron chi connectivity index (χ0n) is 9.98. The quantitative estimate of drug-likeness (QED) is 0.691. The summed E-state index contributed by atoms with van der Waals surface area (Å²) in [6, 6.07) is 1.91. The average molecular weight is 221 g/mol. The van der Waals surface area contributed by atoms with Crippen molar-refractivity contribution in [3.05, 3.63) is 24.0 Å². The van der Waals surface area contributed by atoms with E-state index in [0.717, 1.165) is 24.9 Å². The first-order valence-electron chi connectivity index (χ1n) is 5.98. The molecule has 0 spiro atoms. The van der Waals surface area contributed by atoms with E-state index in [4.69, 9.17) is 4.74 Å². The van der Waals surface area contributed by atoms with Crippen molar-refractivity contribution in [1.29, 1.82) is 0 Å². The number of carbonyl (C=O) groups is 1. The third kappa shape index (κ3) is 2.95. The predicted octanol–water partition coefficient (Wildman–Crippen LogP) is 2.51. The van der Waals surface area contributed by atoms with Gasteiger partial charge in [0.05, 0.1) is 12.7 Å². The summed E-state index contributed by atoms with van der Waals surface area (Å²) in [4.78, 5) is 11.8. The van der Waals surface area contributed by atoms with Crippen LogP contribution in [0.2, 0.25) is 0 Å². The molecule has 1 aliphatic carbocycles. The van der Waals surface area contributed by atoms with Gasteiger partial charge in [-0.15, -0.1) is 0 Å². The second kappa shape index (κ2) is 4.83. The summed E-state index contributed by atoms with van der Waals surface area (Å²) in [6.07, 6.45) is 6.30. The summed E-state index contributed by atoms with van der Waals surface area (Å²) in [5, 5.41) is 0. The Balaban J connectivity index is 1.84. The van der Waals surface area contributed by atoms with Crippen molar-refractivity contribution >= 4 is 5.78 Å².